The first-order chi connectivity index (χ1) is 26.3. The summed E-state index contributed by atoms with van der Waals surface area (Å²) in [6.07, 6.45) is 0. The Bertz CT molecular complexity index is 2740. The van der Waals surface area contributed by atoms with Crippen LogP contribution in [0.15, 0.2) is 206 Å². The SMILES string of the molecule is c1ccc(-c2nc(-c3cccc(-c4cccc(-c5cccc(C6(c7ccccc7)c7ccccc7-c7ccccc76)c5)c4)c3)c3ccccc3n2)cc1. The van der Waals surface area contributed by atoms with Gasteiger partial charge >= 0.3 is 0 Å². The second kappa shape index (κ2) is 12.7. The molecule has 2 heteroatoms. The molecule has 0 atom stereocenters. The summed E-state index contributed by atoms with van der Waals surface area (Å²) in [5.74, 6) is 0.729. The lowest BCUT2D eigenvalue weighted by Gasteiger charge is -2.34. The number of benzene rings is 8. The summed E-state index contributed by atoms with van der Waals surface area (Å²) in [6, 6.07) is 74.1. The van der Waals surface area contributed by atoms with Crippen molar-refractivity contribution in [2.45, 2.75) is 5.41 Å². The van der Waals surface area contributed by atoms with Gasteiger partial charge in [0.1, 0.15) is 0 Å². The molecular formula is C51H34N2. The average molecular weight is 675 g/mol. The van der Waals surface area contributed by atoms with Gasteiger partial charge in [-0.1, -0.05) is 182 Å². The highest BCUT2D eigenvalue weighted by Gasteiger charge is 2.45. The van der Waals surface area contributed by atoms with Gasteiger partial charge in [-0.2, -0.15) is 0 Å². The van der Waals surface area contributed by atoms with Crippen LogP contribution in [0.1, 0.15) is 22.3 Å². The lowest BCUT2D eigenvalue weighted by atomic mass is 9.67. The Morgan fingerprint density at radius 2 is 0.792 bits per heavy atom. The van der Waals surface area contributed by atoms with Gasteiger partial charge in [0.25, 0.3) is 0 Å². The maximum Gasteiger partial charge on any atom is 0.160 e. The van der Waals surface area contributed by atoms with Crippen molar-refractivity contribution >= 4 is 10.9 Å². The molecule has 248 valence electrons. The predicted molar refractivity (Wildman–Crippen MR) is 219 cm³/mol. The summed E-state index contributed by atoms with van der Waals surface area (Å²) in [7, 11) is 0. The summed E-state index contributed by atoms with van der Waals surface area (Å²) in [4.78, 5) is 10.1. The molecule has 8 aromatic carbocycles. The fourth-order valence-corrected chi connectivity index (χ4v) is 8.38. The third-order valence-electron chi connectivity index (χ3n) is 10.8. The van der Waals surface area contributed by atoms with Crippen molar-refractivity contribution in [1.29, 1.82) is 0 Å². The van der Waals surface area contributed by atoms with Crippen LogP contribution >= 0.6 is 0 Å². The van der Waals surface area contributed by atoms with E-state index in [4.69, 9.17) is 9.97 Å². The zero-order chi connectivity index (χ0) is 35.2. The molecule has 0 radical (unpaired) electrons. The van der Waals surface area contributed by atoms with E-state index in [-0.39, 0.29) is 0 Å². The molecule has 10 rings (SSSR count). The smallest absolute Gasteiger partial charge is 0.160 e. The van der Waals surface area contributed by atoms with Gasteiger partial charge in [0.2, 0.25) is 0 Å². The maximum absolute atomic E-state index is 5.14. The van der Waals surface area contributed by atoms with Crippen molar-refractivity contribution < 1.29 is 0 Å². The molecular weight excluding hydrogens is 641 g/mol. The number of aromatic nitrogens is 2. The second-order valence-corrected chi connectivity index (χ2v) is 13.7. The highest BCUT2D eigenvalue weighted by Crippen LogP contribution is 2.56. The molecule has 0 fully saturated rings. The molecule has 0 aliphatic heterocycles. The fraction of sp³-hybridized carbons (Fsp3) is 0.0196. The van der Waals surface area contributed by atoms with Gasteiger partial charge in [0.05, 0.1) is 16.6 Å². The molecule has 1 aliphatic carbocycles. The van der Waals surface area contributed by atoms with Gasteiger partial charge in [-0.3, -0.25) is 0 Å². The van der Waals surface area contributed by atoms with Crippen LogP contribution in [-0.2, 0) is 5.41 Å². The van der Waals surface area contributed by atoms with Crippen LogP contribution < -0.4 is 0 Å². The van der Waals surface area contributed by atoms with E-state index < -0.39 is 5.41 Å². The molecule has 1 heterocycles. The summed E-state index contributed by atoms with van der Waals surface area (Å²) in [6.45, 7) is 0. The van der Waals surface area contributed by atoms with Crippen LogP contribution in [-0.4, -0.2) is 9.97 Å². The van der Waals surface area contributed by atoms with E-state index in [0.717, 1.165) is 44.7 Å². The molecule has 0 saturated carbocycles. The van der Waals surface area contributed by atoms with E-state index in [1.54, 1.807) is 0 Å². The Kier molecular flexibility index (Phi) is 7.40. The van der Waals surface area contributed by atoms with Crippen molar-refractivity contribution in [2.75, 3.05) is 0 Å². The van der Waals surface area contributed by atoms with Crippen molar-refractivity contribution in [3.8, 4) is 56.0 Å². The van der Waals surface area contributed by atoms with Gasteiger partial charge in [-0.25, -0.2) is 9.97 Å². The normalized spacial score (nSPS) is 12.7. The first-order valence-electron chi connectivity index (χ1n) is 18.2. The minimum Gasteiger partial charge on any atom is -0.228 e. The van der Waals surface area contributed by atoms with E-state index >= 15 is 0 Å². The number of rotatable bonds is 6. The van der Waals surface area contributed by atoms with Gasteiger partial charge in [0.15, 0.2) is 5.82 Å². The van der Waals surface area contributed by atoms with Crippen molar-refractivity contribution in [2.24, 2.45) is 0 Å². The van der Waals surface area contributed by atoms with Gasteiger partial charge < -0.3 is 0 Å². The molecule has 9 aromatic rings. The van der Waals surface area contributed by atoms with Crippen molar-refractivity contribution in [1.82, 2.24) is 9.97 Å². The number of fused-ring (bicyclic) bond motifs is 4. The Morgan fingerprint density at radius 1 is 0.321 bits per heavy atom. The minimum absolute atomic E-state index is 0.435. The van der Waals surface area contributed by atoms with Crippen LogP contribution in [0.4, 0.5) is 0 Å². The van der Waals surface area contributed by atoms with Gasteiger partial charge in [-0.05, 0) is 79.9 Å². The van der Waals surface area contributed by atoms with Crippen LogP contribution in [0, 0.1) is 0 Å². The first-order valence-corrected chi connectivity index (χ1v) is 18.2. The summed E-state index contributed by atoms with van der Waals surface area (Å²) in [5, 5.41) is 1.04. The molecule has 0 N–H and O–H groups in total. The molecule has 0 bridgehead atoms. The molecule has 0 amide bonds. The van der Waals surface area contributed by atoms with E-state index in [9.17, 15) is 0 Å². The number of hydrogen-bond acceptors (Lipinski definition) is 2. The predicted octanol–water partition coefficient (Wildman–Crippen LogP) is 12.7. The highest BCUT2D eigenvalue weighted by atomic mass is 14.9. The largest absolute Gasteiger partial charge is 0.228 e. The van der Waals surface area contributed by atoms with E-state index in [2.05, 4.69) is 182 Å². The lowest BCUT2D eigenvalue weighted by molar-refractivity contribution is 0.769. The van der Waals surface area contributed by atoms with E-state index in [1.165, 1.54) is 44.5 Å². The van der Waals surface area contributed by atoms with Crippen molar-refractivity contribution in [3.05, 3.63) is 229 Å². The minimum atomic E-state index is -0.435. The third-order valence-corrected chi connectivity index (χ3v) is 10.8. The monoisotopic (exact) mass is 674 g/mol. The molecule has 0 unspecified atom stereocenters. The Hall–Kier alpha value is -6.90. The summed E-state index contributed by atoms with van der Waals surface area (Å²) in [5.41, 5.74) is 15.9. The second-order valence-electron chi connectivity index (χ2n) is 13.7. The summed E-state index contributed by atoms with van der Waals surface area (Å²) < 4.78 is 0. The Morgan fingerprint density at radius 3 is 1.47 bits per heavy atom. The molecule has 53 heavy (non-hydrogen) atoms. The van der Waals surface area contributed by atoms with Gasteiger partial charge in [0, 0.05) is 16.5 Å². The third kappa shape index (κ3) is 5.11. The highest BCUT2D eigenvalue weighted by molar-refractivity contribution is 5.94. The lowest BCUT2D eigenvalue weighted by Crippen LogP contribution is -2.28. The number of para-hydroxylation sites is 1. The van der Waals surface area contributed by atoms with Crippen LogP contribution in [0.25, 0.3) is 66.9 Å². The van der Waals surface area contributed by atoms with Crippen LogP contribution in [0.5, 0.6) is 0 Å². The average Bonchev–Trinajstić information content (AvgIpc) is 3.55. The van der Waals surface area contributed by atoms with E-state index in [1.807, 2.05) is 24.3 Å². The Balaban J connectivity index is 1.09. The standard InChI is InChI=1S/C51H34N2/c1-3-16-35(17-4-1)50-52-48-31-12-9-28-45(48)49(53-50)40-22-14-20-38(33-40)36-18-13-19-37(32-36)39-21-15-25-42(34-39)51(41-23-5-2-6-24-41)46-29-10-7-26-43(46)44-27-8-11-30-47(44)51/h1-34H. The summed E-state index contributed by atoms with van der Waals surface area (Å²) >= 11 is 0. The van der Waals surface area contributed by atoms with E-state index in [0.29, 0.717) is 0 Å². The van der Waals surface area contributed by atoms with Gasteiger partial charge in [-0.15, -0.1) is 0 Å². The molecule has 1 aliphatic rings. The zero-order valence-electron chi connectivity index (χ0n) is 29.0. The topological polar surface area (TPSA) is 25.8 Å². The van der Waals surface area contributed by atoms with Crippen LogP contribution in [0.3, 0.4) is 0 Å². The molecule has 0 spiro atoms. The first kappa shape index (κ1) is 30.9. The number of hydrogen-bond donors (Lipinski definition) is 0. The number of nitrogens with zero attached hydrogens (tertiary/aromatic N) is 2. The fourth-order valence-electron chi connectivity index (χ4n) is 8.38. The Labute approximate surface area is 309 Å². The van der Waals surface area contributed by atoms with Crippen molar-refractivity contribution in [3.63, 3.8) is 0 Å². The van der Waals surface area contributed by atoms with Crippen LogP contribution in [0.2, 0.25) is 0 Å². The molecule has 1 aromatic heterocycles. The molecule has 0 saturated heterocycles. The molecule has 2 nitrogen and oxygen atoms in total. The zero-order valence-corrected chi connectivity index (χ0v) is 29.0. The maximum atomic E-state index is 5.14. The quantitative estimate of drug-likeness (QED) is 0.175.